The summed E-state index contributed by atoms with van der Waals surface area (Å²) >= 11 is 0. The lowest BCUT2D eigenvalue weighted by molar-refractivity contribution is -0.133. The van der Waals surface area contributed by atoms with Crippen LogP contribution < -0.4 is 9.47 Å². The van der Waals surface area contributed by atoms with E-state index in [2.05, 4.69) is 0 Å². The Bertz CT molecular complexity index is 650. The fraction of sp³-hybridized carbons (Fsp3) is 0.556. The molecular formula is C18H24N2O5. The fourth-order valence-electron chi connectivity index (χ4n) is 3.44. The van der Waals surface area contributed by atoms with Gasteiger partial charge in [-0.1, -0.05) is 12.1 Å². The van der Waals surface area contributed by atoms with Crippen molar-refractivity contribution in [1.29, 1.82) is 0 Å². The zero-order valence-corrected chi connectivity index (χ0v) is 14.7. The van der Waals surface area contributed by atoms with Crippen LogP contribution in [-0.4, -0.2) is 67.8 Å². The molecule has 0 N–H and O–H groups in total. The van der Waals surface area contributed by atoms with Crippen LogP contribution in [0.1, 0.15) is 19.3 Å². The number of methoxy groups -OCH3 is 1. The fourth-order valence-corrected chi connectivity index (χ4v) is 3.44. The Morgan fingerprint density at radius 1 is 1.24 bits per heavy atom. The highest BCUT2D eigenvalue weighted by atomic mass is 16.6. The van der Waals surface area contributed by atoms with E-state index in [1.807, 2.05) is 12.1 Å². The predicted molar refractivity (Wildman–Crippen MR) is 90.8 cm³/mol. The maximum atomic E-state index is 12.5. The average molecular weight is 348 g/mol. The summed E-state index contributed by atoms with van der Waals surface area (Å²) in [6, 6.07) is 7.25. The Morgan fingerprint density at radius 3 is 2.68 bits per heavy atom. The normalized spacial score (nSPS) is 23.4. The molecular weight excluding hydrogens is 324 g/mol. The number of nitrogens with zero attached hydrogens (tertiary/aromatic N) is 2. The third-order valence-corrected chi connectivity index (χ3v) is 4.81. The number of likely N-dealkylation sites (N-methyl/N-ethyl adjacent to an activating group) is 1. The highest BCUT2D eigenvalue weighted by Crippen LogP contribution is 2.32. The summed E-state index contributed by atoms with van der Waals surface area (Å²) in [5.74, 6) is 1.09. The molecule has 2 aliphatic rings. The highest BCUT2D eigenvalue weighted by Gasteiger charge is 2.44. The molecule has 1 atom stereocenters. The van der Waals surface area contributed by atoms with Gasteiger partial charge in [0.1, 0.15) is 5.60 Å². The van der Waals surface area contributed by atoms with Gasteiger partial charge in [-0.15, -0.1) is 0 Å². The van der Waals surface area contributed by atoms with Gasteiger partial charge in [-0.2, -0.15) is 0 Å². The van der Waals surface area contributed by atoms with Gasteiger partial charge in [0.25, 0.3) is 5.91 Å². The van der Waals surface area contributed by atoms with Crippen LogP contribution in [0, 0.1) is 0 Å². The molecule has 1 aromatic rings. The Balaban J connectivity index is 1.56. The molecule has 2 amide bonds. The molecule has 2 heterocycles. The van der Waals surface area contributed by atoms with E-state index in [1.54, 1.807) is 36.1 Å². The van der Waals surface area contributed by atoms with Gasteiger partial charge < -0.3 is 24.0 Å². The van der Waals surface area contributed by atoms with E-state index in [9.17, 15) is 9.59 Å². The van der Waals surface area contributed by atoms with Gasteiger partial charge in [-0.3, -0.25) is 4.79 Å². The molecule has 7 heteroatoms. The van der Waals surface area contributed by atoms with Gasteiger partial charge in [0.2, 0.25) is 0 Å². The molecule has 0 aromatic heterocycles. The number of likely N-dealkylation sites (tertiary alicyclic amines) is 1. The van der Waals surface area contributed by atoms with Crippen LogP contribution in [0.3, 0.4) is 0 Å². The van der Waals surface area contributed by atoms with Crippen molar-refractivity contribution in [3.05, 3.63) is 24.3 Å². The van der Waals surface area contributed by atoms with Gasteiger partial charge in [-0.05, 0) is 25.0 Å². The van der Waals surface area contributed by atoms with E-state index in [-0.39, 0.29) is 18.6 Å². The van der Waals surface area contributed by atoms with Crippen molar-refractivity contribution in [2.24, 2.45) is 0 Å². The Kier molecular flexibility index (Phi) is 5.01. The number of hydrogen-bond acceptors (Lipinski definition) is 5. The lowest BCUT2D eigenvalue weighted by Crippen LogP contribution is -2.38. The van der Waals surface area contributed by atoms with E-state index in [4.69, 9.17) is 14.2 Å². The van der Waals surface area contributed by atoms with Crippen LogP contribution in [0.25, 0.3) is 0 Å². The summed E-state index contributed by atoms with van der Waals surface area (Å²) < 4.78 is 16.4. The smallest absolute Gasteiger partial charge is 0.410 e. The number of ether oxygens (including phenoxy) is 3. The number of amides is 2. The zero-order chi connectivity index (χ0) is 17.9. The van der Waals surface area contributed by atoms with Crippen LogP contribution >= 0.6 is 0 Å². The largest absolute Gasteiger partial charge is 0.493 e. The minimum atomic E-state index is -0.454. The van der Waals surface area contributed by atoms with Crippen molar-refractivity contribution in [3.63, 3.8) is 0 Å². The number of benzene rings is 1. The number of hydrogen-bond donors (Lipinski definition) is 0. The monoisotopic (exact) mass is 348 g/mol. The first kappa shape index (κ1) is 17.4. The molecule has 1 spiro atoms. The predicted octanol–water partition coefficient (Wildman–Crippen LogP) is 1.91. The van der Waals surface area contributed by atoms with Crippen LogP contribution in [-0.2, 0) is 9.53 Å². The summed E-state index contributed by atoms with van der Waals surface area (Å²) in [5, 5.41) is 0. The van der Waals surface area contributed by atoms with Gasteiger partial charge in [0.15, 0.2) is 18.1 Å². The van der Waals surface area contributed by atoms with Crippen LogP contribution in [0.15, 0.2) is 24.3 Å². The quantitative estimate of drug-likeness (QED) is 0.831. The summed E-state index contributed by atoms with van der Waals surface area (Å²) in [6.45, 7) is 1.77. The van der Waals surface area contributed by atoms with Crippen LogP contribution in [0.4, 0.5) is 4.79 Å². The summed E-state index contributed by atoms with van der Waals surface area (Å²) in [5.41, 5.74) is -0.454. The van der Waals surface area contributed by atoms with Gasteiger partial charge in [0, 0.05) is 26.6 Å². The molecule has 2 fully saturated rings. The lowest BCUT2D eigenvalue weighted by Gasteiger charge is -2.25. The Hall–Kier alpha value is -2.44. The second-order valence-corrected chi connectivity index (χ2v) is 6.58. The van der Waals surface area contributed by atoms with Crippen LogP contribution in [0.5, 0.6) is 11.5 Å². The summed E-state index contributed by atoms with van der Waals surface area (Å²) in [4.78, 5) is 27.6. The first-order valence-electron chi connectivity index (χ1n) is 8.51. The Morgan fingerprint density at radius 2 is 2.00 bits per heavy atom. The molecule has 0 unspecified atom stereocenters. The van der Waals surface area contributed by atoms with Gasteiger partial charge >= 0.3 is 6.09 Å². The molecule has 0 radical (unpaired) electrons. The minimum absolute atomic E-state index is 0.0347. The molecule has 2 saturated heterocycles. The van der Waals surface area contributed by atoms with Crippen molar-refractivity contribution >= 4 is 12.0 Å². The van der Waals surface area contributed by atoms with Crippen molar-refractivity contribution in [3.8, 4) is 11.5 Å². The summed E-state index contributed by atoms with van der Waals surface area (Å²) in [7, 11) is 3.31. The molecule has 136 valence electrons. The molecule has 0 saturated carbocycles. The molecule has 3 rings (SSSR count). The standard InChI is InChI=1S/C18H24N2O5/c1-19-13-18(25-17(19)22)8-5-10-20(11-9-18)16(21)12-24-15-7-4-3-6-14(15)23-2/h3-4,6-7H,5,8-13H2,1-2H3/t18-/m0/s1. The molecule has 2 aliphatic heterocycles. The van der Waals surface area contributed by atoms with Gasteiger partial charge in [-0.25, -0.2) is 4.79 Å². The molecule has 25 heavy (non-hydrogen) atoms. The van der Waals surface area contributed by atoms with Crippen molar-refractivity contribution in [1.82, 2.24) is 9.80 Å². The molecule has 0 aliphatic carbocycles. The number of carbonyl (C=O) groups is 2. The maximum Gasteiger partial charge on any atom is 0.410 e. The maximum absolute atomic E-state index is 12.5. The van der Waals surface area contributed by atoms with E-state index < -0.39 is 5.60 Å². The van der Waals surface area contributed by atoms with Gasteiger partial charge in [0.05, 0.1) is 13.7 Å². The summed E-state index contributed by atoms with van der Waals surface area (Å²) in [6.07, 6.45) is 1.96. The third-order valence-electron chi connectivity index (χ3n) is 4.81. The van der Waals surface area contributed by atoms with E-state index in [0.717, 1.165) is 12.8 Å². The van der Waals surface area contributed by atoms with Crippen molar-refractivity contribution < 1.29 is 23.8 Å². The lowest BCUT2D eigenvalue weighted by atomic mass is 9.95. The third kappa shape index (κ3) is 3.81. The molecule has 7 nitrogen and oxygen atoms in total. The van der Waals surface area contributed by atoms with Crippen molar-refractivity contribution in [2.45, 2.75) is 24.9 Å². The second kappa shape index (κ2) is 7.21. The zero-order valence-electron chi connectivity index (χ0n) is 14.7. The molecule has 1 aromatic carbocycles. The highest BCUT2D eigenvalue weighted by molar-refractivity contribution is 5.78. The number of carbonyl (C=O) groups excluding carboxylic acids is 2. The van der Waals surface area contributed by atoms with E-state index in [1.165, 1.54) is 0 Å². The van der Waals surface area contributed by atoms with E-state index >= 15 is 0 Å². The second-order valence-electron chi connectivity index (χ2n) is 6.58. The number of para-hydroxylation sites is 2. The first-order valence-corrected chi connectivity index (χ1v) is 8.51. The average Bonchev–Trinajstić information content (AvgIpc) is 2.77. The minimum Gasteiger partial charge on any atom is -0.493 e. The van der Waals surface area contributed by atoms with Crippen molar-refractivity contribution in [2.75, 3.05) is 40.4 Å². The Labute approximate surface area is 147 Å². The molecule has 0 bridgehead atoms. The topological polar surface area (TPSA) is 68.3 Å². The first-order chi connectivity index (χ1) is 12.0. The number of rotatable bonds is 4. The SMILES string of the molecule is COc1ccccc1OCC(=O)N1CCC[C@]2(CC1)CN(C)C(=O)O2. The van der Waals surface area contributed by atoms with E-state index in [0.29, 0.717) is 37.6 Å². The van der Waals surface area contributed by atoms with Crippen LogP contribution in [0.2, 0.25) is 0 Å².